The maximum atomic E-state index is 11.3. The summed E-state index contributed by atoms with van der Waals surface area (Å²) in [5.41, 5.74) is 0.0297. The zero-order chi connectivity index (χ0) is 11.8. The van der Waals surface area contributed by atoms with Gasteiger partial charge in [-0.2, -0.15) is 0 Å². The molecule has 16 heavy (non-hydrogen) atoms. The van der Waals surface area contributed by atoms with Gasteiger partial charge in [-0.25, -0.2) is 0 Å². The highest BCUT2D eigenvalue weighted by atomic mass is 16.4. The molecule has 0 saturated heterocycles. The van der Waals surface area contributed by atoms with E-state index in [1.807, 2.05) is 0 Å². The highest BCUT2D eigenvalue weighted by molar-refractivity contribution is 6.01. The molecule has 0 unspecified atom stereocenters. The Kier molecular flexibility index (Phi) is 2.28. The Bertz CT molecular complexity index is 500. The van der Waals surface area contributed by atoms with Crippen molar-refractivity contribution in [2.75, 3.05) is 0 Å². The van der Waals surface area contributed by atoms with Gasteiger partial charge in [0.15, 0.2) is 0 Å². The van der Waals surface area contributed by atoms with Crippen molar-refractivity contribution in [1.82, 2.24) is 0 Å². The summed E-state index contributed by atoms with van der Waals surface area (Å²) in [6.07, 6.45) is 5.42. The van der Waals surface area contributed by atoms with Crippen LogP contribution < -0.4 is 0 Å². The summed E-state index contributed by atoms with van der Waals surface area (Å²) < 4.78 is 0. The first-order valence-electron chi connectivity index (χ1n) is 4.91. The maximum Gasteiger partial charge on any atom is 0.315 e. The molecule has 3 heteroatoms. The quantitative estimate of drug-likeness (QED) is 0.756. The summed E-state index contributed by atoms with van der Waals surface area (Å²) >= 11 is 0. The van der Waals surface area contributed by atoms with Gasteiger partial charge < -0.3 is 5.11 Å². The average Bonchev–Trinajstić information content (AvgIpc) is 2.24. The molecule has 0 atom stereocenters. The van der Waals surface area contributed by atoms with Gasteiger partial charge in [-0.05, 0) is 11.6 Å². The summed E-state index contributed by atoms with van der Waals surface area (Å²) in [6.45, 7) is 0. The Morgan fingerprint density at radius 1 is 1.38 bits per heavy atom. The van der Waals surface area contributed by atoms with E-state index in [0.29, 0.717) is 11.1 Å². The largest absolute Gasteiger partial charge is 0.481 e. The number of Topliss-reactive ketones (excluding diaryl/α,β-unsaturated/α-hetero) is 1. The summed E-state index contributed by atoms with van der Waals surface area (Å²) in [5.74, 6) is 1.45. The number of benzene rings is 1. The fraction of sp³-hybridized carbons (Fsp3) is 0.231. The fourth-order valence-corrected chi connectivity index (χ4v) is 2.10. The third-order valence-corrected chi connectivity index (χ3v) is 3.01. The van der Waals surface area contributed by atoms with Gasteiger partial charge in [-0.15, -0.1) is 6.42 Å². The predicted molar refractivity (Wildman–Crippen MR) is 57.9 cm³/mol. The van der Waals surface area contributed by atoms with Gasteiger partial charge >= 0.3 is 5.97 Å². The van der Waals surface area contributed by atoms with E-state index in [-0.39, 0.29) is 18.6 Å². The van der Waals surface area contributed by atoms with Gasteiger partial charge in [0.2, 0.25) is 0 Å². The Hall–Kier alpha value is -2.08. The van der Waals surface area contributed by atoms with Crippen LogP contribution in [-0.4, -0.2) is 16.9 Å². The van der Waals surface area contributed by atoms with Gasteiger partial charge in [0.05, 0.1) is 0 Å². The third-order valence-electron chi connectivity index (χ3n) is 3.01. The number of terminal acetylenes is 1. The van der Waals surface area contributed by atoms with Crippen LogP contribution in [0.25, 0.3) is 0 Å². The molecule has 0 amide bonds. The Morgan fingerprint density at radius 2 is 2.00 bits per heavy atom. The number of hydrogen-bond donors (Lipinski definition) is 1. The van der Waals surface area contributed by atoms with Crippen LogP contribution in [0.1, 0.15) is 24.0 Å². The summed E-state index contributed by atoms with van der Waals surface area (Å²) in [5, 5.41) is 9.25. The molecule has 80 valence electrons. The highest BCUT2D eigenvalue weighted by Gasteiger charge is 2.52. The van der Waals surface area contributed by atoms with E-state index in [0.717, 1.165) is 0 Å². The molecule has 0 aromatic heterocycles. The van der Waals surface area contributed by atoms with Gasteiger partial charge in [-0.1, -0.05) is 24.1 Å². The number of hydrogen-bond acceptors (Lipinski definition) is 2. The van der Waals surface area contributed by atoms with Crippen molar-refractivity contribution in [3.63, 3.8) is 0 Å². The summed E-state index contributed by atoms with van der Waals surface area (Å²) in [7, 11) is 0. The van der Waals surface area contributed by atoms with Crippen LogP contribution in [0.2, 0.25) is 0 Å². The van der Waals surface area contributed by atoms with Crippen LogP contribution in [-0.2, 0) is 15.0 Å². The van der Waals surface area contributed by atoms with Crippen LogP contribution in [0, 0.1) is 12.3 Å². The highest BCUT2D eigenvalue weighted by Crippen LogP contribution is 2.42. The topological polar surface area (TPSA) is 54.4 Å². The SMILES string of the molecule is C#Cc1ccccc1C1(C(=O)O)CC(=O)C1. The fourth-order valence-electron chi connectivity index (χ4n) is 2.10. The van der Waals surface area contributed by atoms with Crippen molar-refractivity contribution in [1.29, 1.82) is 0 Å². The van der Waals surface area contributed by atoms with E-state index in [9.17, 15) is 14.7 Å². The van der Waals surface area contributed by atoms with Crippen LogP contribution in [0.5, 0.6) is 0 Å². The molecule has 1 aliphatic rings. The first-order valence-corrected chi connectivity index (χ1v) is 4.91. The van der Waals surface area contributed by atoms with Crippen molar-refractivity contribution < 1.29 is 14.7 Å². The lowest BCUT2D eigenvalue weighted by Gasteiger charge is -2.37. The first-order chi connectivity index (χ1) is 7.60. The minimum absolute atomic E-state index is 0.0331. The van der Waals surface area contributed by atoms with Crippen molar-refractivity contribution in [3.05, 3.63) is 35.4 Å². The van der Waals surface area contributed by atoms with Crippen LogP contribution >= 0.6 is 0 Å². The standard InChI is InChI=1S/C13H10O3/c1-2-9-5-3-4-6-11(9)13(12(15)16)7-10(14)8-13/h1,3-6H,7-8H2,(H,15,16). The van der Waals surface area contributed by atoms with Crippen molar-refractivity contribution in [3.8, 4) is 12.3 Å². The van der Waals surface area contributed by atoms with E-state index in [1.165, 1.54) is 0 Å². The molecule has 3 nitrogen and oxygen atoms in total. The molecule has 1 aromatic rings. The van der Waals surface area contributed by atoms with E-state index >= 15 is 0 Å². The summed E-state index contributed by atoms with van der Waals surface area (Å²) in [6, 6.07) is 6.89. The first kappa shape index (κ1) is 10.4. The minimum Gasteiger partial charge on any atom is -0.481 e. The van der Waals surface area contributed by atoms with Crippen LogP contribution in [0.3, 0.4) is 0 Å². The smallest absolute Gasteiger partial charge is 0.315 e. The molecule has 1 aromatic carbocycles. The van der Waals surface area contributed by atoms with E-state index in [4.69, 9.17) is 6.42 Å². The zero-order valence-electron chi connectivity index (χ0n) is 8.56. The predicted octanol–water partition coefficient (Wildman–Crippen LogP) is 1.35. The van der Waals surface area contributed by atoms with Crippen molar-refractivity contribution in [2.24, 2.45) is 0 Å². The van der Waals surface area contributed by atoms with Gasteiger partial charge in [0, 0.05) is 18.4 Å². The molecular weight excluding hydrogens is 204 g/mol. The molecule has 2 rings (SSSR count). The number of carbonyl (C=O) groups is 2. The monoisotopic (exact) mass is 214 g/mol. The number of carboxylic acid groups (broad SMARTS) is 1. The average molecular weight is 214 g/mol. The number of carboxylic acids is 1. The minimum atomic E-state index is -1.10. The van der Waals surface area contributed by atoms with Gasteiger partial charge in [0.25, 0.3) is 0 Å². The molecule has 1 N–H and O–H groups in total. The van der Waals surface area contributed by atoms with Gasteiger partial charge in [0.1, 0.15) is 11.2 Å². The molecular formula is C13H10O3. The molecule has 1 fully saturated rings. The van der Waals surface area contributed by atoms with E-state index in [1.54, 1.807) is 24.3 Å². The Balaban J connectivity index is 2.54. The lowest BCUT2D eigenvalue weighted by atomic mass is 9.62. The van der Waals surface area contributed by atoms with E-state index < -0.39 is 11.4 Å². The lowest BCUT2D eigenvalue weighted by molar-refractivity contribution is -0.153. The van der Waals surface area contributed by atoms with Crippen molar-refractivity contribution in [2.45, 2.75) is 18.3 Å². The second-order valence-electron chi connectivity index (χ2n) is 3.97. The lowest BCUT2D eigenvalue weighted by Crippen LogP contribution is -2.48. The molecule has 1 saturated carbocycles. The maximum absolute atomic E-state index is 11.3. The Morgan fingerprint density at radius 3 is 2.50 bits per heavy atom. The molecule has 0 bridgehead atoms. The second-order valence-corrected chi connectivity index (χ2v) is 3.97. The zero-order valence-corrected chi connectivity index (χ0v) is 8.56. The van der Waals surface area contributed by atoms with E-state index in [2.05, 4.69) is 5.92 Å². The van der Waals surface area contributed by atoms with Gasteiger partial charge in [-0.3, -0.25) is 9.59 Å². The van der Waals surface area contributed by atoms with Crippen LogP contribution in [0.4, 0.5) is 0 Å². The third kappa shape index (κ3) is 1.31. The molecule has 0 heterocycles. The number of carbonyl (C=O) groups excluding carboxylic acids is 1. The summed E-state index contributed by atoms with van der Waals surface area (Å²) in [4.78, 5) is 22.4. The normalized spacial score (nSPS) is 17.3. The number of aliphatic carboxylic acids is 1. The van der Waals surface area contributed by atoms with Crippen molar-refractivity contribution >= 4 is 11.8 Å². The molecule has 0 radical (unpaired) electrons. The Labute approximate surface area is 93.1 Å². The number of rotatable bonds is 2. The molecule has 0 spiro atoms. The molecule has 1 aliphatic carbocycles. The van der Waals surface area contributed by atoms with Crippen LogP contribution in [0.15, 0.2) is 24.3 Å². The molecule has 0 aliphatic heterocycles. The second kappa shape index (κ2) is 3.49. The number of ketones is 1.